The van der Waals surface area contributed by atoms with Gasteiger partial charge in [0.1, 0.15) is 5.82 Å². The molecule has 6 heteroatoms. The Morgan fingerprint density at radius 1 is 1.42 bits per heavy atom. The van der Waals surface area contributed by atoms with Crippen LogP contribution in [0, 0.1) is 5.82 Å². The molecule has 100 valence electrons. The van der Waals surface area contributed by atoms with Gasteiger partial charge in [-0.05, 0) is 19.1 Å². The lowest BCUT2D eigenvalue weighted by Gasteiger charge is -2.33. The van der Waals surface area contributed by atoms with E-state index in [-0.39, 0.29) is 11.7 Å². The molecular weight excluding hydrogens is 251 g/mol. The molecule has 19 heavy (non-hydrogen) atoms. The van der Waals surface area contributed by atoms with Gasteiger partial charge in [-0.1, -0.05) is 0 Å². The molecule has 0 aliphatic carbocycles. The van der Waals surface area contributed by atoms with Crippen LogP contribution in [0.2, 0.25) is 0 Å². The number of Topliss-reactive ketones (excluding diaryl/α,β-unsaturated/α-hetero) is 1. The predicted molar refractivity (Wildman–Crippen MR) is 67.0 cm³/mol. The van der Waals surface area contributed by atoms with Crippen molar-refractivity contribution in [1.82, 2.24) is 0 Å². The Morgan fingerprint density at radius 3 is 2.95 bits per heavy atom. The van der Waals surface area contributed by atoms with Crippen LogP contribution in [0.15, 0.2) is 12.1 Å². The van der Waals surface area contributed by atoms with Gasteiger partial charge in [-0.25, -0.2) is 4.39 Å². The van der Waals surface area contributed by atoms with E-state index in [2.05, 4.69) is 5.32 Å². The number of halogens is 1. The Balaban J connectivity index is 1.98. The quantitative estimate of drug-likeness (QED) is 0.774. The molecule has 1 unspecified atom stereocenters. The van der Waals surface area contributed by atoms with Gasteiger partial charge in [-0.2, -0.15) is 0 Å². The van der Waals surface area contributed by atoms with Crippen molar-refractivity contribution in [2.75, 3.05) is 29.9 Å². The minimum absolute atomic E-state index is 0.0256. The first-order chi connectivity index (χ1) is 9.06. The minimum Gasteiger partial charge on any atom is -0.375 e. The summed E-state index contributed by atoms with van der Waals surface area (Å²) in [5.74, 6) is -1.88. The second-order valence-corrected chi connectivity index (χ2v) is 4.76. The summed E-state index contributed by atoms with van der Waals surface area (Å²) < 4.78 is 19.5. The van der Waals surface area contributed by atoms with Crippen molar-refractivity contribution in [3.63, 3.8) is 0 Å². The molecule has 2 heterocycles. The summed E-state index contributed by atoms with van der Waals surface area (Å²) in [6.45, 7) is 3.62. The monoisotopic (exact) mass is 264 g/mol. The summed E-state index contributed by atoms with van der Waals surface area (Å²) in [5, 5.41) is 2.45. The topological polar surface area (TPSA) is 58.6 Å². The second-order valence-electron chi connectivity index (χ2n) is 4.76. The van der Waals surface area contributed by atoms with Crippen LogP contribution in [0.5, 0.6) is 0 Å². The highest BCUT2D eigenvalue weighted by Crippen LogP contribution is 2.31. The van der Waals surface area contributed by atoms with Crippen LogP contribution >= 0.6 is 0 Å². The number of ether oxygens (including phenoxy) is 1. The van der Waals surface area contributed by atoms with Gasteiger partial charge in [0.15, 0.2) is 0 Å². The molecule has 1 aromatic rings. The number of amides is 1. The van der Waals surface area contributed by atoms with Gasteiger partial charge in [0.05, 0.1) is 29.6 Å². The first kappa shape index (κ1) is 12.1. The van der Waals surface area contributed by atoms with E-state index < -0.39 is 17.5 Å². The van der Waals surface area contributed by atoms with Crippen LogP contribution < -0.4 is 10.2 Å². The number of carbonyl (C=O) groups excluding carboxylic acids is 2. The molecule has 0 radical (unpaired) electrons. The Morgan fingerprint density at radius 2 is 2.21 bits per heavy atom. The maximum absolute atomic E-state index is 14.1. The van der Waals surface area contributed by atoms with Crippen LogP contribution in [-0.4, -0.2) is 37.5 Å². The fraction of sp³-hybridized carbons (Fsp3) is 0.385. The molecule has 1 atom stereocenters. The third kappa shape index (κ3) is 1.98. The summed E-state index contributed by atoms with van der Waals surface area (Å²) in [5.41, 5.74) is 0.877. The van der Waals surface area contributed by atoms with Gasteiger partial charge in [-0.3, -0.25) is 9.59 Å². The van der Waals surface area contributed by atoms with Crippen molar-refractivity contribution in [3.05, 3.63) is 23.5 Å². The van der Waals surface area contributed by atoms with Crippen molar-refractivity contribution in [2.24, 2.45) is 0 Å². The average molecular weight is 264 g/mol. The van der Waals surface area contributed by atoms with Gasteiger partial charge in [0.25, 0.3) is 11.7 Å². The SMILES string of the molecule is CC1CN(c2cc3c(cc2F)C(=O)C(=O)N3)CCO1. The summed E-state index contributed by atoms with van der Waals surface area (Å²) in [4.78, 5) is 24.6. The van der Waals surface area contributed by atoms with Crippen molar-refractivity contribution >= 4 is 23.1 Å². The van der Waals surface area contributed by atoms with Crippen LogP contribution in [0.4, 0.5) is 15.8 Å². The van der Waals surface area contributed by atoms with Gasteiger partial charge < -0.3 is 15.0 Å². The number of hydrogen-bond acceptors (Lipinski definition) is 4. The lowest BCUT2D eigenvalue weighted by Crippen LogP contribution is -2.41. The summed E-state index contributed by atoms with van der Waals surface area (Å²) in [6, 6.07) is 2.65. The maximum Gasteiger partial charge on any atom is 0.296 e. The standard InChI is InChI=1S/C13H13FN2O3/c1-7-6-16(2-3-19-7)11-5-10-8(4-9(11)14)12(17)13(18)15-10/h4-5,7H,2-3,6H2,1H3,(H,15,17,18). The number of rotatable bonds is 1. The first-order valence-corrected chi connectivity index (χ1v) is 6.12. The zero-order valence-corrected chi connectivity index (χ0v) is 10.4. The minimum atomic E-state index is -0.707. The number of carbonyl (C=O) groups is 2. The number of nitrogens with one attached hydrogen (secondary N) is 1. The number of fused-ring (bicyclic) bond motifs is 1. The molecule has 1 saturated heterocycles. The van der Waals surface area contributed by atoms with E-state index >= 15 is 0 Å². The van der Waals surface area contributed by atoms with E-state index in [0.29, 0.717) is 31.1 Å². The molecule has 1 amide bonds. The van der Waals surface area contributed by atoms with E-state index in [4.69, 9.17) is 4.74 Å². The van der Waals surface area contributed by atoms with E-state index in [1.165, 1.54) is 6.07 Å². The summed E-state index contributed by atoms with van der Waals surface area (Å²) >= 11 is 0. The lowest BCUT2D eigenvalue weighted by atomic mass is 10.1. The molecular formula is C13H13FN2O3. The van der Waals surface area contributed by atoms with E-state index in [1.54, 1.807) is 0 Å². The number of nitrogens with zero attached hydrogens (tertiary/aromatic N) is 1. The van der Waals surface area contributed by atoms with Crippen LogP contribution in [0.3, 0.4) is 0 Å². The van der Waals surface area contributed by atoms with Gasteiger partial charge in [-0.15, -0.1) is 0 Å². The Labute approximate surface area is 109 Å². The molecule has 0 bridgehead atoms. The highest BCUT2D eigenvalue weighted by atomic mass is 19.1. The molecule has 1 fully saturated rings. The molecule has 2 aliphatic rings. The summed E-state index contributed by atoms with van der Waals surface area (Å²) in [7, 11) is 0. The zero-order valence-electron chi connectivity index (χ0n) is 10.4. The number of hydrogen-bond donors (Lipinski definition) is 1. The Bertz CT molecular complexity index is 573. The van der Waals surface area contributed by atoms with Crippen molar-refractivity contribution in [3.8, 4) is 0 Å². The number of anilines is 2. The lowest BCUT2D eigenvalue weighted by molar-refractivity contribution is -0.112. The number of ketones is 1. The number of benzene rings is 1. The van der Waals surface area contributed by atoms with Crippen LogP contribution in [0.1, 0.15) is 17.3 Å². The molecule has 5 nitrogen and oxygen atoms in total. The van der Waals surface area contributed by atoms with Crippen molar-refractivity contribution in [1.29, 1.82) is 0 Å². The molecule has 1 N–H and O–H groups in total. The normalized spacial score (nSPS) is 22.4. The molecule has 0 saturated carbocycles. The largest absolute Gasteiger partial charge is 0.375 e. The third-order valence-corrected chi connectivity index (χ3v) is 3.37. The van der Waals surface area contributed by atoms with Crippen LogP contribution in [0.25, 0.3) is 0 Å². The van der Waals surface area contributed by atoms with E-state index in [9.17, 15) is 14.0 Å². The van der Waals surface area contributed by atoms with Gasteiger partial charge in [0, 0.05) is 13.1 Å². The van der Waals surface area contributed by atoms with E-state index in [0.717, 1.165) is 6.07 Å². The predicted octanol–water partition coefficient (Wildman–Crippen LogP) is 1.19. The zero-order chi connectivity index (χ0) is 13.6. The fourth-order valence-electron chi connectivity index (χ4n) is 2.43. The molecule has 1 aromatic carbocycles. The highest BCUT2D eigenvalue weighted by molar-refractivity contribution is 6.51. The summed E-state index contributed by atoms with van der Waals surface area (Å²) in [6.07, 6.45) is 0.0256. The average Bonchev–Trinajstić information content (AvgIpc) is 2.65. The molecule has 2 aliphatic heterocycles. The third-order valence-electron chi connectivity index (χ3n) is 3.37. The Kier molecular flexibility index (Phi) is 2.74. The van der Waals surface area contributed by atoms with Gasteiger partial charge >= 0.3 is 0 Å². The fourth-order valence-corrected chi connectivity index (χ4v) is 2.43. The van der Waals surface area contributed by atoms with Gasteiger partial charge in [0.2, 0.25) is 0 Å². The molecule has 0 aromatic heterocycles. The van der Waals surface area contributed by atoms with Crippen molar-refractivity contribution < 1.29 is 18.7 Å². The molecule has 3 rings (SSSR count). The Hall–Kier alpha value is -1.95. The second kappa shape index (κ2) is 4.31. The number of morpholine rings is 1. The molecule has 0 spiro atoms. The van der Waals surface area contributed by atoms with E-state index in [1.807, 2.05) is 11.8 Å². The smallest absolute Gasteiger partial charge is 0.296 e. The highest BCUT2D eigenvalue weighted by Gasteiger charge is 2.31. The van der Waals surface area contributed by atoms with Crippen molar-refractivity contribution in [2.45, 2.75) is 13.0 Å². The first-order valence-electron chi connectivity index (χ1n) is 6.12. The maximum atomic E-state index is 14.1. The van der Waals surface area contributed by atoms with Crippen LogP contribution in [-0.2, 0) is 9.53 Å².